The van der Waals surface area contributed by atoms with Crippen LogP contribution in [0.15, 0.2) is 42.5 Å². The number of benzene rings is 2. The van der Waals surface area contributed by atoms with Crippen molar-refractivity contribution in [3.8, 4) is 11.5 Å². The topological polar surface area (TPSA) is 52.6 Å². The summed E-state index contributed by atoms with van der Waals surface area (Å²) in [6, 6.07) is 12.5. The van der Waals surface area contributed by atoms with E-state index in [-0.39, 0.29) is 19.9 Å². The SMILES string of the molecule is CCCC(P=O)c1ccccc1C(=O)c1c(OC)cccc1OC. The van der Waals surface area contributed by atoms with Gasteiger partial charge in [0.1, 0.15) is 17.1 Å². The zero-order valence-corrected chi connectivity index (χ0v) is 15.0. The highest BCUT2D eigenvalue weighted by atomic mass is 31.1. The molecule has 0 radical (unpaired) electrons. The van der Waals surface area contributed by atoms with Crippen molar-refractivity contribution in [3.05, 3.63) is 59.2 Å². The van der Waals surface area contributed by atoms with Crippen LogP contribution in [0, 0.1) is 0 Å². The highest BCUT2D eigenvalue weighted by molar-refractivity contribution is 7.24. The molecule has 5 heteroatoms. The van der Waals surface area contributed by atoms with Crippen molar-refractivity contribution in [2.24, 2.45) is 0 Å². The number of ketones is 1. The van der Waals surface area contributed by atoms with Crippen LogP contribution in [-0.4, -0.2) is 20.0 Å². The van der Waals surface area contributed by atoms with Crippen molar-refractivity contribution in [2.75, 3.05) is 14.2 Å². The number of carbonyl (C=O) groups is 1. The first-order chi connectivity index (χ1) is 11.7. The van der Waals surface area contributed by atoms with Gasteiger partial charge in [0.2, 0.25) is 5.78 Å². The smallest absolute Gasteiger partial charge is 0.200 e. The molecule has 0 aliphatic heterocycles. The van der Waals surface area contributed by atoms with Crippen molar-refractivity contribution in [2.45, 2.75) is 25.4 Å². The molecule has 0 saturated carbocycles. The van der Waals surface area contributed by atoms with Crippen molar-refractivity contribution < 1.29 is 18.8 Å². The predicted octanol–water partition coefficient (Wildman–Crippen LogP) is 5.07. The molecule has 126 valence electrons. The van der Waals surface area contributed by atoms with Gasteiger partial charge in [-0.3, -0.25) is 9.36 Å². The first-order valence-corrected chi connectivity index (χ1v) is 8.73. The predicted molar refractivity (Wildman–Crippen MR) is 94.7 cm³/mol. The Morgan fingerprint density at radius 1 is 1.04 bits per heavy atom. The first kappa shape index (κ1) is 18.2. The third-order valence-corrected chi connectivity index (χ3v) is 4.70. The number of hydrogen-bond donors (Lipinski definition) is 0. The zero-order chi connectivity index (χ0) is 17.5. The molecule has 0 amide bonds. The zero-order valence-electron chi connectivity index (χ0n) is 14.1. The molecule has 4 nitrogen and oxygen atoms in total. The Labute approximate surface area is 144 Å². The summed E-state index contributed by atoms with van der Waals surface area (Å²) < 4.78 is 22.3. The van der Waals surface area contributed by atoms with E-state index in [9.17, 15) is 9.36 Å². The van der Waals surface area contributed by atoms with Gasteiger partial charge in [-0.2, -0.15) is 0 Å². The van der Waals surface area contributed by atoms with E-state index in [1.165, 1.54) is 14.2 Å². The maximum absolute atomic E-state index is 13.2. The summed E-state index contributed by atoms with van der Waals surface area (Å²) in [5.41, 5.74) is 1.50. The van der Waals surface area contributed by atoms with Crippen molar-refractivity contribution >= 4 is 14.2 Å². The minimum atomic E-state index is -0.198. The average Bonchev–Trinajstić information content (AvgIpc) is 2.64. The van der Waals surface area contributed by atoms with Crippen LogP contribution < -0.4 is 9.47 Å². The lowest BCUT2D eigenvalue weighted by molar-refractivity contribution is 0.103. The van der Waals surface area contributed by atoms with Crippen LogP contribution in [0.25, 0.3) is 0 Å². The van der Waals surface area contributed by atoms with E-state index in [1.54, 1.807) is 24.3 Å². The van der Waals surface area contributed by atoms with E-state index in [4.69, 9.17) is 9.47 Å². The molecule has 0 aliphatic rings. The second kappa shape index (κ2) is 8.60. The lowest BCUT2D eigenvalue weighted by Gasteiger charge is -2.16. The molecule has 1 atom stereocenters. The minimum absolute atomic E-state index is 0.0199. The fourth-order valence-corrected chi connectivity index (χ4v) is 3.44. The molecule has 2 rings (SSSR count). The summed E-state index contributed by atoms with van der Waals surface area (Å²) in [5.74, 6) is 0.728. The van der Waals surface area contributed by atoms with Crippen LogP contribution in [0.2, 0.25) is 0 Å². The summed E-state index contributed by atoms with van der Waals surface area (Å²) in [6.45, 7) is 2.03. The van der Waals surface area contributed by atoms with E-state index in [1.807, 2.05) is 25.1 Å². The van der Waals surface area contributed by atoms with Crippen LogP contribution in [0.5, 0.6) is 11.5 Å². The van der Waals surface area contributed by atoms with Gasteiger partial charge in [-0.15, -0.1) is 0 Å². The molecule has 24 heavy (non-hydrogen) atoms. The Morgan fingerprint density at radius 3 is 2.21 bits per heavy atom. The third-order valence-electron chi connectivity index (χ3n) is 3.91. The minimum Gasteiger partial charge on any atom is -0.496 e. The quantitative estimate of drug-likeness (QED) is 0.496. The van der Waals surface area contributed by atoms with Crippen LogP contribution >= 0.6 is 8.46 Å². The van der Waals surface area contributed by atoms with E-state index >= 15 is 0 Å². The summed E-state index contributed by atoms with van der Waals surface area (Å²) >= 11 is 0. The molecule has 0 N–H and O–H groups in total. The number of hydrogen-bond acceptors (Lipinski definition) is 4. The highest BCUT2D eigenvalue weighted by Crippen LogP contribution is 2.37. The fourth-order valence-electron chi connectivity index (χ4n) is 2.74. The summed E-state index contributed by atoms with van der Waals surface area (Å²) in [4.78, 5) is 13.2. The first-order valence-electron chi connectivity index (χ1n) is 7.85. The Bertz CT molecular complexity index is 705. The molecule has 1 unspecified atom stereocenters. The molecule has 0 spiro atoms. The molecular formula is C19H21O4P. The van der Waals surface area contributed by atoms with Crippen LogP contribution in [0.3, 0.4) is 0 Å². The van der Waals surface area contributed by atoms with Crippen molar-refractivity contribution in [1.29, 1.82) is 0 Å². The Balaban J connectivity index is 2.58. The maximum Gasteiger partial charge on any atom is 0.200 e. The van der Waals surface area contributed by atoms with Gasteiger partial charge in [-0.25, -0.2) is 0 Å². The van der Waals surface area contributed by atoms with Gasteiger partial charge in [0, 0.05) is 5.56 Å². The molecule has 0 bridgehead atoms. The third kappa shape index (κ3) is 3.65. The lowest BCUT2D eigenvalue weighted by atomic mass is 9.94. The second-order valence-electron chi connectivity index (χ2n) is 5.36. The van der Waals surface area contributed by atoms with Gasteiger partial charge < -0.3 is 9.47 Å². The summed E-state index contributed by atoms with van der Waals surface area (Å²) in [7, 11) is 3.06. The van der Waals surface area contributed by atoms with Crippen molar-refractivity contribution in [1.82, 2.24) is 0 Å². The monoisotopic (exact) mass is 344 g/mol. The Morgan fingerprint density at radius 2 is 1.67 bits per heavy atom. The van der Waals surface area contributed by atoms with Crippen LogP contribution in [0.1, 0.15) is 46.9 Å². The summed E-state index contributed by atoms with van der Waals surface area (Å²) in [6.07, 6.45) is 1.64. The lowest BCUT2D eigenvalue weighted by Crippen LogP contribution is -2.10. The number of methoxy groups -OCH3 is 2. The van der Waals surface area contributed by atoms with E-state index < -0.39 is 0 Å². The van der Waals surface area contributed by atoms with Crippen molar-refractivity contribution in [3.63, 3.8) is 0 Å². The Kier molecular flexibility index (Phi) is 6.51. The maximum atomic E-state index is 13.2. The van der Waals surface area contributed by atoms with Gasteiger partial charge in [-0.1, -0.05) is 43.7 Å². The molecule has 0 heterocycles. The van der Waals surface area contributed by atoms with Gasteiger partial charge >= 0.3 is 0 Å². The molecule has 0 aliphatic carbocycles. The molecule has 0 saturated heterocycles. The summed E-state index contributed by atoms with van der Waals surface area (Å²) in [5, 5.41) is 0. The fraction of sp³-hybridized carbons (Fsp3) is 0.316. The molecule has 0 fully saturated rings. The van der Waals surface area contributed by atoms with Gasteiger partial charge in [0.05, 0.1) is 19.9 Å². The largest absolute Gasteiger partial charge is 0.496 e. The van der Waals surface area contributed by atoms with E-state index in [2.05, 4.69) is 0 Å². The average molecular weight is 344 g/mol. The van der Waals surface area contributed by atoms with Crippen LogP contribution in [-0.2, 0) is 4.57 Å². The normalized spacial score (nSPS) is 12.0. The second-order valence-corrected chi connectivity index (χ2v) is 6.20. The van der Waals surface area contributed by atoms with Gasteiger partial charge in [0.25, 0.3) is 0 Å². The van der Waals surface area contributed by atoms with E-state index in [0.717, 1.165) is 18.4 Å². The van der Waals surface area contributed by atoms with Gasteiger partial charge in [-0.05, 0) is 24.1 Å². The molecular weight excluding hydrogens is 323 g/mol. The van der Waals surface area contributed by atoms with E-state index in [0.29, 0.717) is 22.6 Å². The Hall–Kier alpha value is -2.19. The molecule has 2 aromatic carbocycles. The number of carbonyl (C=O) groups excluding carboxylic acids is 1. The van der Waals surface area contributed by atoms with Gasteiger partial charge in [0.15, 0.2) is 8.46 Å². The standard InChI is InChI=1S/C19H21O4P/c1-4-8-17(24-21)13-9-5-6-10-14(13)19(20)18-15(22-2)11-7-12-16(18)23-3/h5-7,9-12,17H,4,8H2,1-3H3. The number of rotatable bonds is 8. The van der Waals surface area contributed by atoms with Crippen LogP contribution in [0.4, 0.5) is 0 Å². The number of ether oxygens (including phenoxy) is 2. The highest BCUT2D eigenvalue weighted by Gasteiger charge is 2.24. The molecule has 2 aromatic rings. The molecule has 0 aromatic heterocycles.